The van der Waals surface area contributed by atoms with Crippen LogP contribution in [0.1, 0.15) is 46.0 Å². The molecule has 0 amide bonds. The Morgan fingerprint density at radius 1 is 1.61 bits per heavy atom. The first-order valence-electron chi connectivity index (χ1n) is 6.72. The minimum absolute atomic E-state index is 0.0145. The van der Waals surface area contributed by atoms with E-state index in [-0.39, 0.29) is 18.3 Å². The molecule has 0 spiro atoms. The highest BCUT2D eigenvalue weighted by molar-refractivity contribution is 5.60. The van der Waals surface area contributed by atoms with Gasteiger partial charge in [0.25, 0.3) is 0 Å². The second-order valence-corrected chi connectivity index (χ2v) is 5.09. The smallest absolute Gasteiger partial charge is 0.157 e. The van der Waals surface area contributed by atoms with Crippen LogP contribution in [0, 0.1) is 5.92 Å². The van der Waals surface area contributed by atoms with Gasteiger partial charge in [-0.2, -0.15) is 0 Å². The summed E-state index contributed by atoms with van der Waals surface area (Å²) in [6.07, 6.45) is 6.44. The Labute approximate surface area is 110 Å². The summed E-state index contributed by atoms with van der Waals surface area (Å²) in [4.78, 5) is 0. The molecule has 3 atom stereocenters. The lowest BCUT2D eigenvalue weighted by Crippen LogP contribution is -2.32. The van der Waals surface area contributed by atoms with E-state index in [1.807, 2.05) is 13.8 Å². The first-order chi connectivity index (χ1) is 8.63. The second-order valence-electron chi connectivity index (χ2n) is 5.09. The molecule has 0 radical (unpaired) electrons. The Morgan fingerprint density at radius 2 is 2.39 bits per heavy atom. The van der Waals surface area contributed by atoms with E-state index >= 15 is 0 Å². The number of rotatable bonds is 7. The van der Waals surface area contributed by atoms with Gasteiger partial charge in [0, 0.05) is 18.7 Å². The van der Waals surface area contributed by atoms with Crippen molar-refractivity contribution in [3.63, 3.8) is 0 Å². The van der Waals surface area contributed by atoms with Crippen molar-refractivity contribution in [3.05, 3.63) is 12.2 Å². The SMILES string of the molecule is C=C(C)CC[C@H](OC1CCCCO1)[C@@H](C)/C=N/O. The van der Waals surface area contributed by atoms with Crippen molar-refractivity contribution in [2.24, 2.45) is 11.1 Å². The third kappa shape index (κ3) is 5.65. The molecule has 1 rings (SSSR count). The predicted octanol–water partition coefficient (Wildman–Crippen LogP) is 3.35. The van der Waals surface area contributed by atoms with Gasteiger partial charge in [0.05, 0.1) is 6.10 Å². The second kappa shape index (κ2) is 8.27. The molecule has 1 N–H and O–H groups in total. The van der Waals surface area contributed by atoms with Gasteiger partial charge >= 0.3 is 0 Å². The first-order valence-corrected chi connectivity index (χ1v) is 6.72. The highest BCUT2D eigenvalue weighted by Gasteiger charge is 2.23. The van der Waals surface area contributed by atoms with Gasteiger partial charge in [-0.1, -0.05) is 12.5 Å². The van der Waals surface area contributed by atoms with Crippen LogP contribution in [0.4, 0.5) is 0 Å². The fourth-order valence-electron chi connectivity index (χ4n) is 2.06. The summed E-state index contributed by atoms with van der Waals surface area (Å²) in [7, 11) is 0. The normalized spacial score (nSPS) is 24.0. The average Bonchev–Trinajstić information content (AvgIpc) is 2.35. The van der Waals surface area contributed by atoms with E-state index in [1.54, 1.807) is 0 Å². The Kier molecular flexibility index (Phi) is 6.98. The van der Waals surface area contributed by atoms with E-state index in [0.717, 1.165) is 44.3 Å². The van der Waals surface area contributed by atoms with Crippen molar-refractivity contribution in [2.75, 3.05) is 6.61 Å². The van der Waals surface area contributed by atoms with Crippen molar-refractivity contribution in [2.45, 2.75) is 58.3 Å². The van der Waals surface area contributed by atoms with Crippen LogP contribution < -0.4 is 0 Å². The number of hydrogen-bond acceptors (Lipinski definition) is 4. The quantitative estimate of drug-likeness (QED) is 0.328. The van der Waals surface area contributed by atoms with Crippen molar-refractivity contribution >= 4 is 6.21 Å². The first kappa shape index (κ1) is 15.2. The predicted molar refractivity (Wildman–Crippen MR) is 72.0 cm³/mol. The zero-order valence-electron chi connectivity index (χ0n) is 11.5. The van der Waals surface area contributed by atoms with Crippen LogP contribution in [0.3, 0.4) is 0 Å². The molecule has 104 valence electrons. The fraction of sp³-hybridized carbons (Fsp3) is 0.786. The number of oxime groups is 1. The maximum absolute atomic E-state index is 8.63. The van der Waals surface area contributed by atoms with E-state index < -0.39 is 0 Å². The van der Waals surface area contributed by atoms with E-state index in [0.29, 0.717) is 0 Å². The minimum Gasteiger partial charge on any atom is -0.411 e. The standard InChI is InChI=1S/C14H25NO3/c1-11(2)7-8-13(12(3)10-15-16)18-14-6-4-5-9-17-14/h10,12-14,16H,1,4-9H2,2-3H3/b15-10+/t12-,13-,14?/m0/s1. The number of ether oxygens (including phenoxy) is 2. The van der Waals surface area contributed by atoms with Crippen LogP contribution in [0.2, 0.25) is 0 Å². The van der Waals surface area contributed by atoms with Crippen molar-refractivity contribution in [1.82, 2.24) is 0 Å². The summed E-state index contributed by atoms with van der Waals surface area (Å²) >= 11 is 0. The summed E-state index contributed by atoms with van der Waals surface area (Å²) in [5, 5.41) is 11.7. The number of hydrogen-bond donors (Lipinski definition) is 1. The summed E-state index contributed by atoms with van der Waals surface area (Å²) in [6.45, 7) is 8.69. The Hall–Kier alpha value is -0.870. The fourth-order valence-corrected chi connectivity index (χ4v) is 2.06. The third-order valence-electron chi connectivity index (χ3n) is 3.21. The molecule has 0 aromatic rings. The molecule has 1 heterocycles. The van der Waals surface area contributed by atoms with Gasteiger partial charge in [0.2, 0.25) is 0 Å². The Morgan fingerprint density at radius 3 is 2.94 bits per heavy atom. The van der Waals surface area contributed by atoms with Crippen LogP contribution in [0.5, 0.6) is 0 Å². The maximum Gasteiger partial charge on any atom is 0.157 e. The third-order valence-corrected chi connectivity index (χ3v) is 3.21. The molecular formula is C14H25NO3. The van der Waals surface area contributed by atoms with Gasteiger partial charge in [-0.25, -0.2) is 0 Å². The van der Waals surface area contributed by atoms with Crippen LogP contribution in [0.25, 0.3) is 0 Å². The molecule has 4 heteroatoms. The van der Waals surface area contributed by atoms with E-state index in [1.165, 1.54) is 6.21 Å². The van der Waals surface area contributed by atoms with Crippen molar-refractivity contribution < 1.29 is 14.7 Å². The lowest BCUT2D eigenvalue weighted by Gasteiger charge is -2.29. The molecule has 1 fully saturated rings. The lowest BCUT2D eigenvalue weighted by atomic mass is 9.99. The molecule has 0 aromatic heterocycles. The zero-order valence-corrected chi connectivity index (χ0v) is 11.5. The maximum atomic E-state index is 8.63. The monoisotopic (exact) mass is 255 g/mol. The summed E-state index contributed by atoms with van der Waals surface area (Å²) in [6, 6.07) is 0. The number of nitrogens with zero attached hydrogens (tertiary/aromatic N) is 1. The molecule has 0 aliphatic carbocycles. The Balaban J connectivity index is 2.49. The summed E-state index contributed by atoms with van der Waals surface area (Å²) in [5.41, 5.74) is 1.14. The van der Waals surface area contributed by atoms with Crippen LogP contribution in [-0.2, 0) is 9.47 Å². The molecule has 0 bridgehead atoms. The van der Waals surface area contributed by atoms with Crippen molar-refractivity contribution in [3.8, 4) is 0 Å². The molecule has 0 saturated carbocycles. The van der Waals surface area contributed by atoms with E-state index in [4.69, 9.17) is 14.7 Å². The van der Waals surface area contributed by atoms with E-state index in [9.17, 15) is 0 Å². The lowest BCUT2D eigenvalue weighted by molar-refractivity contribution is -0.193. The minimum atomic E-state index is -0.108. The molecular weight excluding hydrogens is 230 g/mol. The highest BCUT2D eigenvalue weighted by Crippen LogP contribution is 2.21. The van der Waals surface area contributed by atoms with Crippen LogP contribution >= 0.6 is 0 Å². The molecule has 4 nitrogen and oxygen atoms in total. The van der Waals surface area contributed by atoms with Gasteiger partial charge in [0.15, 0.2) is 6.29 Å². The van der Waals surface area contributed by atoms with Gasteiger partial charge < -0.3 is 14.7 Å². The summed E-state index contributed by atoms with van der Waals surface area (Å²) in [5.74, 6) is 0.0693. The van der Waals surface area contributed by atoms with Gasteiger partial charge in [-0.15, -0.1) is 11.7 Å². The molecule has 1 unspecified atom stereocenters. The van der Waals surface area contributed by atoms with Crippen molar-refractivity contribution in [1.29, 1.82) is 0 Å². The van der Waals surface area contributed by atoms with Gasteiger partial charge in [-0.3, -0.25) is 0 Å². The number of allylic oxidation sites excluding steroid dienone is 1. The molecule has 1 saturated heterocycles. The van der Waals surface area contributed by atoms with Crippen LogP contribution in [0.15, 0.2) is 17.3 Å². The topological polar surface area (TPSA) is 51.0 Å². The van der Waals surface area contributed by atoms with Gasteiger partial charge in [0.1, 0.15) is 0 Å². The molecule has 1 aliphatic rings. The Bertz CT molecular complexity index is 272. The van der Waals surface area contributed by atoms with E-state index in [2.05, 4.69) is 11.7 Å². The summed E-state index contributed by atoms with van der Waals surface area (Å²) < 4.78 is 11.6. The molecule has 18 heavy (non-hydrogen) atoms. The highest BCUT2D eigenvalue weighted by atomic mass is 16.7. The van der Waals surface area contributed by atoms with Crippen LogP contribution in [-0.4, -0.2) is 30.4 Å². The average molecular weight is 255 g/mol. The molecule has 1 aliphatic heterocycles. The zero-order chi connectivity index (χ0) is 13.4. The largest absolute Gasteiger partial charge is 0.411 e. The molecule has 0 aromatic carbocycles. The van der Waals surface area contributed by atoms with Gasteiger partial charge in [-0.05, 0) is 39.0 Å².